The molecule has 2 aliphatic heterocycles. The first-order valence-electron chi connectivity index (χ1n) is 5.82. The van der Waals surface area contributed by atoms with Crippen LogP contribution in [-0.2, 0) is 4.79 Å². The normalized spacial score (nSPS) is 35.8. The molecule has 17 heavy (non-hydrogen) atoms. The summed E-state index contributed by atoms with van der Waals surface area (Å²) in [6.45, 7) is 4.41. The third-order valence-electron chi connectivity index (χ3n) is 3.83. The second-order valence-electron chi connectivity index (χ2n) is 5.03. The monoisotopic (exact) mass is 268 g/mol. The standard InChI is InChI=1S/C11H18F2N2O.ClH/c1-7-3-4-15(8(7)2)10(16)9-5-11(12,13)6-14-9;/h7-9,14H,3-6H2,1-2H3;1H. The second kappa shape index (κ2) is 5.06. The minimum atomic E-state index is -2.73. The first-order chi connectivity index (χ1) is 7.41. The number of halogens is 3. The summed E-state index contributed by atoms with van der Waals surface area (Å²) >= 11 is 0. The Morgan fingerprint density at radius 1 is 1.41 bits per heavy atom. The number of alkyl halides is 2. The quantitative estimate of drug-likeness (QED) is 0.785. The maximum absolute atomic E-state index is 13.0. The summed E-state index contributed by atoms with van der Waals surface area (Å²) in [7, 11) is 0. The SMILES string of the molecule is CC1CCN(C(=O)C2CC(F)(F)CN2)C1C.Cl. The lowest BCUT2D eigenvalue weighted by Crippen LogP contribution is -2.45. The van der Waals surface area contributed by atoms with Gasteiger partial charge in [0.1, 0.15) is 0 Å². The number of hydrogen-bond acceptors (Lipinski definition) is 2. The van der Waals surface area contributed by atoms with Crippen LogP contribution in [0.5, 0.6) is 0 Å². The van der Waals surface area contributed by atoms with Gasteiger partial charge < -0.3 is 4.90 Å². The molecule has 2 saturated heterocycles. The van der Waals surface area contributed by atoms with Crippen molar-refractivity contribution in [2.45, 2.75) is 44.7 Å². The van der Waals surface area contributed by atoms with E-state index in [-0.39, 0.29) is 37.3 Å². The fraction of sp³-hybridized carbons (Fsp3) is 0.909. The highest BCUT2D eigenvalue weighted by atomic mass is 35.5. The Morgan fingerprint density at radius 2 is 2.06 bits per heavy atom. The summed E-state index contributed by atoms with van der Waals surface area (Å²) in [5.74, 6) is -2.42. The molecule has 0 saturated carbocycles. The van der Waals surface area contributed by atoms with Crippen molar-refractivity contribution >= 4 is 18.3 Å². The zero-order chi connectivity index (χ0) is 11.9. The lowest BCUT2D eigenvalue weighted by atomic mass is 10.0. The summed E-state index contributed by atoms with van der Waals surface area (Å²) in [5, 5.41) is 2.62. The Labute approximate surface area is 106 Å². The Balaban J connectivity index is 0.00000144. The van der Waals surface area contributed by atoms with Gasteiger partial charge in [0.05, 0.1) is 12.6 Å². The van der Waals surface area contributed by atoms with Gasteiger partial charge in [-0.25, -0.2) is 8.78 Å². The van der Waals surface area contributed by atoms with Gasteiger partial charge in [0.15, 0.2) is 0 Å². The van der Waals surface area contributed by atoms with Crippen molar-refractivity contribution in [3.63, 3.8) is 0 Å². The first kappa shape index (κ1) is 14.6. The van der Waals surface area contributed by atoms with Crippen LogP contribution in [0.15, 0.2) is 0 Å². The molecule has 3 atom stereocenters. The number of hydrogen-bond donors (Lipinski definition) is 1. The molecule has 0 aromatic heterocycles. The molecule has 2 rings (SSSR count). The van der Waals surface area contributed by atoms with Crippen molar-refractivity contribution in [2.24, 2.45) is 5.92 Å². The zero-order valence-electron chi connectivity index (χ0n) is 10.1. The van der Waals surface area contributed by atoms with E-state index in [0.717, 1.165) is 6.42 Å². The smallest absolute Gasteiger partial charge is 0.262 e. The van der Waals surface area contributed by atoms with Crippen molar-refractivity contribution < 1.29 is 13.6 Å². The number of carbonyl (C=O) groups excluding carboxylic acids is 1. The summed E-state index contributed by atoms with van der Waals surface area (Å²) in [5.41, 5.74) is 0. The van der Waals surface area contributed by atoms with Gasteiger partial charge in [0.2, 0.25) is 5.91 Å². The van der Waals surface area contributed by atoms with Gasteiger partial charge in [-0.15, -0.1) is 12.4 Å². The van der Waals surface area contributed by atoms with Crippen LogP contribution in [-0.4, -0.2) is 41.9 Å². The Kier molecular flexibility index (Phi) is 4.36. The Hall–Kier alpha value is -0.420. The number of carbonyl (C=O) groups is 1. The highest BCUT2D eigenvalue weighted by Crippen LogP contribution is 2.29. The van der Waals surface area contributed by atoms with Crippen molar-refractivity contribution in [1.29, 1.82) is 0 Å². The topological polar surface area (TPSA) is 32.3 Å². The number of likely N-dealkylation sites (tertiary alicyclic amines) is 1. The van der Waals surface area contributed by atoms with Gasteiger partial charge in [-0.2, -0.15) is 0 Å². The van der Waals surface area contributed by atoms with Crippen LogP contribution in [0, 0.1) is 5.92 Å². The molecule has 3 nitrogen and oxygen atoms in total. The molecular formula is C11H19ClF2N2O. The van der Waals surface area contributed by atoms with Crippen LogP contribution in [0.1, 0.15) is 26.7 Å². The van der Waals surface area contributed by atoms with Gasteiger partial charge in [0.25, 0.3) is 5.92 Å². The molecule has 0 aromatic rings. The van der Waals surface area contributed by atoms with Crippen LogP contribution in [0.2, 0.25) is 0 Å². The van der Waals surface area contributed by atoms with E-state index in [1.807, 2.05) is 6.92 Å². The second-order valence-corrected chi connectivity index (χ2v) is 5.03. The van der Waals surface area contributed by atoms with E-state index < -0.39 is 12.0 Å². The van der Waals surface area contributed by atoms with Gasteiger partial charge in [-0.05, 0) is 19.3 Å². The van der Waals surface area contributed by atoms with Gasteiger partial charge in [-0.3, -0.25) is 10.1 Å². The molecular weight excluding hydrogens is 250 g/mol. The van der Waals surface area contributed by atoms with E-state index in [4.69, 9.17) is 0 Å². The molecule has 2 aliphatic rings. The predicted octanol–water partition coefficient (Wildman–Crippen LogP) is 1.66. The van der Waals surface area contributed by atoms with Crippen LogP contribution in [0.3, 0.4) is 0 Å². The highest BCUT2D eigenvalue weighted by molar-refractivity contribution is 5.85. The molecule has 0 bridgehead atoms. The van der Waals surface area contributed by atoms with Crippen molar-refractivity contribution in [2.75, 3.05) is 13.1 Å². The Morgan fingerprint density at radius 3 is 2.47 bits per heavy atom. The molecule has 1 amide bonds. The number of amides is 1. The van der Waals surface area contributed by atoms with Crippen molar-refractivity contribution in [3.05, 3.63) is 0 Å². The minimum absolute atomic E-state index is 0. The van der Waals surface area contributed by atoms with E-state index in [2.05, 4.69) is 12.2 Å². The third-order valence-corrected chi connectivity index (χ3v) is 3.83. The minimum Gasteiger partial charge on any atom is -0.338 e. The number of nitrogens with one attached hydrogen (secondary N) is 1. The number of rotatable bonds is 1. The average Bonchev–Trinajstić information content (AvgIpc) is 2.71. The van der Waals surface area contributed by atoms with Crippen molar-refractivity contribution in [1.82, 2.24) is 10.2 Å². The molecule has 0 aromatic carbocycles. The van der Waals surface area contributed by atoms with Gasteiger partial charge >= 0.3 is 0 Å². The summed E-state index contributed by atoms with van der Waals surface area (Å²) in [6.07, 6.45) is 0.611. The van der Waals surface area contributed by atoms with E-state index in [0.29, 0.717) is 12.5 Å². The largest absolute Gasteiger partial charge is 0.338 e. The maximum Gasteiger partial charge on any atom is 0.262 e. The van der Waals surface area contributed by atoms with E-state index >= 15 is 0 Å². The fourth-order valence-electron chi connectivity index (χ4n) is 2.50. The van der Waals surface area contributed by atoms with Crippen LogP contribution >= 0.6 is 12.4 Å². The molecule has 0 aliphatic carbocycles. The fourth-order valence-corrected chi connectivity index (χ4v) is 2.50. The first-order valence-corrected chi connectivity index (χ1v) is 5.82. The molecule has 2 heterocycles. The molecule has 0 radical (unpaired) electrons. The number of nitrogens with zero attached hydrogens (tertiary/aromatic N) is 1. The average molecular weight is 269 g/mol. The van der Waals surface area contributed by atoms with Crippen LogP contribution < -0.4 is 5.32 Å². The summed E-state index contributed by atoms with van der Waals surface area (Å²) in [6, 6.07) is -0.522. The molecule has 1 N–H and O–H groups in total. The highest BCUT2D eigenvalue weighted by Gasteiger charge is 2.45. The molecule has 0 spiro atoms. The van der Waals surface area contributed by atoms with Gasteiger partial charge in [0, 0.05) is 19.0 Å². The van der Waals surface area contributed by atoms with E-state index in [1.165, 1.54) is 0 Å². The van der Waals surface area contributed by atoms with Crippen LogP contribution in [0.25, 0.3) is 0 Å². The van der Waals surface area contributed by atoms with E-state index in [1.54, 1.807) is 4.90 Å². The maximum atomic E-state index is 13.0. The summed E-state index contributed by atoms with van der Waals surface area (Å²) in [4.78, 5) is 13.8. The predicted molar refractivity (Wildman–Crippen MR) is 63.6 cm³/mol. The van der Waals surface area contributed by atoms with Crippen LogP contribution in [0.4, 0.5) is 8.78 Å². The summed E-state index contributed by atoms with van der Waals surface area (Å²) < 4.78 is 26.0. The van der Waals surface area contributed by atoms with Crippen molar-refractivity contribution in [3.8, 4) is 0 Å². The molecule has 2 fully saturated rings. The molecule has 3 unspecified atom stereocenters. The molecule has 6 heteroatoms. The third kappa shape index (κ3) is 2.88. The Bertz CT molecular complexity index is 301. The van der Waals surface area contributed by atoms with E-state index in [9.17, 15) is 13.6 Å². The lowest BCUT2D eigenvalue weighted by Gasteiger charge is -2.26. The van der Waals surface area contributed by atoms with Gasteiger partial charge in [-0.1, -0.05) is 6.92 Å². The molecule has 100 valence electrons. The zero-order valence-corrected chi connectivity index (χ0v) is 10.9. The lowest BCUT2D eigenvalue weighted by molar-refractivity contribution is -0.134.